The molecule has 0 amide bonds. The first kappa shape index (κ1) is 13.8. The molecule has 2 aliphatic carbocycles. The van der Waals surface area contributed by atoms with E-state index in [9.17, 15) is 8.78 Å². The Balaban J connectivity index is 1.53. The SMILES string of the molecule is NC1(c2noc(C3CC3c3ccc(F)c(F)c3)n2)CCCC1. The normalized spacial score (nSPS) is 26.3. The Bertz CT molecular complexity index is 709. The highest BCUT2D eigenvalue weighted by Crippen LogP contribution is 2.54. The predicted octanol–water partition coefficient (Wildman–Crippen LogP) is 3.35. The summed E-state index contributed by atoms with van der Waals surface area (Å²) in [6.07, 6.45) is 4.74. The fourth-order valence-corrected chi connectivity index (χ4v) is 3.40. The van der Waals surface area contributed by atoms with E-state index in [-0.39, 0.29) is 11.8 Å². The molecule has 116 valence electrons. The first-order valence-corrected chi connectivity index (χ1v) is 7.65. The zero-order valence-corrected chi connectivity index (χ0v) is 12.1. The monoisotopic (exact) mass is 305 g/mol. The van der Waals surface area contributed by atoms with Crippen LogP contribution in [0.2, 0.25) is 0 Å². The van der Waals surface area contributed by atoms with Gasteiger partial charge >= 0.3 is 0 Å². The van der Waals surface area contributed by atoms with Crippen molar-refractivity contribution in [3.63, 3.8) is 0 Å². The van der Waals surface area contributed by atoms with E-state index in [4.69, 9.17) is 10.3 Å². The third-order valence-corrected chi connectivity index (χ3v) is 4.86. The van der Waals surface area contributed by atoms with Crippen LogP contribution in [0.4, 0.5) is 8.78 Å². The molecule has 1 aromatic heterocycles. The Hall–Kier alpha value is -1.82. The summed E-state index contributed by atoms with van der Waals surface area (Å²) >= 11 is 0. The topological polar surface area (TPSA) is 64.9 Å². The molecule has 22 heavy (non-hydrogen) atoms. The van der Waals surface area contributed by atoms with Crippen LogP contribution >= 0.6 is 0 Å². The van der Waals surface area contributed by atoms with E-state index in [1.807, 2.05) is 0 Å². The van der Waals surface area contributed by atoms with Gasteiger partial charge in [-0.25, -0.2) is 8.78 Å². The molecular weight excluding hydrogens is 288 g/mol. The number of hydrogen-bond donors (Lipinski definition) is 1. The second kappa shape index (κ2) is 4.84. The first-order chi connectivity index (χ1) is 10.6. The van der Waals surface area contributed by atoms with Gasteiger partial charge in [-0.2, -0.15) is 4.98 Å². The molecule has 1 heterocycles. The van der Waals surface area contributed by atoms with E-state index in [2.05, 4.69) is 10.1 Å². The smallest absolute Gasteiger partial charge is 0.230 e. The van der Waals surface area contributed by atoms with E-state index >= 15 is 0 Å². The van der Waals surface area contributed by atoms with Crippen LogP contribution in [-0.4, -0.2) is 10.1 Å². The summed E-state index contributed by atoms with van der Waals surface area (Å²) in [5.74, 6) is -0.317. The second-order valence-electron chi connectivity index (χ2n) is 6.44. The summed E-state index contributed by atoms with van der Waals surface area (Å²) < 4.78 is 31.7. The van der Waals surface area contributed by atoms with Crippen molar-refractivity contribution >= 4 is 0 Å². The Labute approximate surface area is 126 Å². The lowest BCUT2D eigenvalue weighted by atomic mass is 9.99. The van der Waals surface area contributed by atoms with Crippen molar-refractivity contribution in [3.8, 4) is 0 Å². The Morgan fingerprint density at radius 3 is 2.64 bits per heavy atom. The third-order valence-electron chi connectivity index (χ3n) is 4.86. The minimum absolute atomic E-state index is 0.0797. The van der Waals surface area contributed by atoms with Gasteiger partial charge in [-0.1, -0.05) is 24.1 Å². The van der Waals surface area contributed by atoms with Crippen molar-refractivity contribution in [2.45, 2.75) is 49.5 Å². The van der Waals surface area contributed by atoms with Gasteiger partial charge in [-0.3, -0.25) is 0 Å². The second-order valence-corrected chi connectivity index (χ2v) is 6.44. The highest BCUT2D eigenvalue weighted by Gasteiger charge is 2.45. The lowest BCUT2D eigenvalue weighted by Gasteiger charge is -2.17. The first-order valence-electron chi connectivity index (χ1n) is 7.65. The summed E-state index contributed by atoms with van der Waals surface area (Å²) in [6, 6.07) is 4.02. The van der Waals surface area contributed by atoms with Crippen LogP contribution in [0.1, 0.15) is 61.2 Å². The molecule has 2 N–H and O–H groups in total. The van der Waals surface area contributed by atoms with Gasteiger partial charge in [0.2, 0.25) is 5.89 Å². The highest BCUT2D eigenvalue weighted by atomic mass is 19.2. The molecule has 0 bridgehead atoms. The van der Waals surface area contributed by atoms with Crippen LogP contribution < -0.4 is 5.73 Å². The molecule has 4 nitrogen and oxygen atoms in total. The summed E-state index contributed by atoms with van der Waals surface area (Å²) in [5.41, 5.74) is 6.63. The summed E-state index contributed by atoms with van der Waals surface area (Å²) in [4.78, 5) is 4.47. The molecule has 0 radical (unpaired) electrons. The fraction of sp³-hybridized carbons (Fsp3) is 0.500. The summed E-state index contributed by atoms with van der Waals surface area (Å²) in [7, 11) is 0. The predicted molar refractivity (Wildman–Crippen MR) is 75.1 cm³/mol. The number of rotatable bonds is 3. The molecule has 2 unspecified atom stereocenters. The van der Waals surface area contributed by atoms with Crippen LogP contribution in [0, 0.1) is 11.6 Å². The molecule has 4 rings (SSSR count). The standard InChI is InChI=1S/C16H17F2N3O/c17-12-4-3-9(7-13(12)18)10-8-11(10)14-20-15(21-22-14)16(19)5-1-2-6-16/h3-4,7,10-11H,1-2,5-6,8,19H2. The van der Waals surface area contributed by atoms with Crippen molar-refractivity contribution in [1.82, 2.24) is 10.1 Å². The van der Waals surface area contributed by atoms with Gasteiger partial charge < -0.3 is 10.3 Å². The van der Waals surface area contributed by atoms with Crippen LogP contribution in [0.15, 0.2) is 22.7 Å². The zero-order valence-electron chi connectivity index (χ0n) is 12.1. The molecule has 0 aliphatic heterocycles. The fourth-order valence-electron chi connectivity index (χ4n) is 3.40. The van der Waals surface area contributed by atoms with Crippen LogP contribution in [0.5, 0.6) is 0 Å². The average molecular weight is 305 g/mol. The molecule has 0 saturated heterocycles. The van der Waals surface area contributed by atoms with Crippen molar-refractivity contribution < 1.29 is 13.3 Å². The lowest BCUT2D eigenvalue weighted by Crippen LogP contribution is -2.34. The number of nitrogens with zero attached hydrogens (tertiary/aromatic N) is 2. The van der Waals surface area contributed by atoms with E-state index in [0.29, 0.717) is 11.7 Å². The van der Waals surface area contributed by atoms with Crippen molar-refractivity contribution in [3.05, 3.63) is 47.1 Å². The number of benzene rings is 1. The van der Waals surface area contributed by atoms with Gasteiger partial charge in [0.15, 0.2) is 17.5 Å². The Morgan fingerprint density at radius 2 is 1.91 bits per heavy atom. The van der Waals surface area contributed by atoms with Crippen LogP contribution in [0.25, 0.3) is 0 Å². The van der Waals surface area contributed by atoms with Gasteiger partial charge in [-0.05, 0) is 42.9 Å². The van der Waals surface area contributed by atoms with Gasteiger partial charge in [0.25, 0.3) is 0 Å². The number of hydrogen-bond acceptors (Lipinski definition) is 4. The van der Waals surface area contributed by atoms with Crippen molar-refractivity contribution in [2.75, 3.05) is 0 Å². The number of halogens is 2. The number of aromatic nitrogens is 2. The van der Waals surface area contributed by atoms with Gasteiger partial charge in [-0.15, -0.1) is 0 Å². The molecule has 2 saturated carbocycles. The maximum atomic E-state index is 13.3. The number of nitrogens with two attached hydrogens (primary N) is 1. The summed E-state index contributed by atoms with van der Waals surface area (Å²) in [6.45, 7) is 0. The largest absolute Gasteiger partial charge is 0.339 e. The Morgan fingerprint density at radius 1 is 1.14 bits per heavy atom. The Kier molecular flexibility index (Phi) is 3.04. The van der Waals surface area contributed by atoms with E-state index in [0.717, 1.165) is 43.7 Å². The quantitative estimate of drug-likeness (QED) is 0.944. The van der Waals surface area contributed by atoms with Crippen molar-refractivity contribution in [1.29, 1.82) is 0 Å². The van der Waals surface area contributed by atoms with Gasteiger partial charge in [0.1, 0.15) is 0 Å². The van der Waals surface area contributed by atoms with E-state index < -0.39 is 17.2 Å². The van der Waals surface area contributed by atoms with Crippen molar-refractivity contribution in [2.24, 2.45) is 5.73 Å². The average Bonchev–Trinajstić information content (AvgIpc) is 2.93. The summed E-state index contributed by atoms with van der Waals surface area (Å²) in [5, 5.41) is 4.05. The molecule has 0 spiro atoms. The van der Waals surface area contributed by atoms with Gasteiger partial charge in [0.05, 0.1) is 5.54 Å². The minimum Gasteiger partial charge on any atom is -0.339 e. The van der Waals surface area contributed by atoms with Crippen LogP contribution in [0.3, 0.4) is 0 Å². The molecular formula is C16H17F2N3O. The molecule has 2 aliphatic rings. The van der Waals surface area contributed by atoms with Gasteiger partial charge in [0, 0.05) is 5.92 Å². The minimum atomic E-state index is -0.827. The molecule has 2 fully saturated rings. The third kappa shape index (κ3) is 2.22. The maximum Gasteiger partial charge on any atom is 0.230 e. The molecule has 2 atom stereocenters. The molecule has 6 heteroatoms. The van der Waals surface area contributed by atoms with Crippen LogP contribution in [-0.2, 0) is 5.54 Å². The highest BCUT2D eigenvalue weighted by molar-refractivity contribution is 5.31. The van der Waals surface area contributed by atoms with E-state index in [1.165, 1.54) is 6.07 Å². The van der Waals surface area contributed by atoms with E-state index in [1.54, 1.807) is 6.07 Å². The zero-order chi connectivity index (χ0) is 15.3. The lowest BCUT2D eigenvalue weighted by molar-refractivity contribution is 0.348. The molecule has 1 aromatic carbocycles. The maximum absolute atomic E-state index is 13.3. The molecule has 2 aromatic rings.